The van der Waals surface area contributed by atoms with E-state index in [1.54, 1.807) is 0 Å². The molecule has 0 heterocycles. The van der Waals surface area contributed by atoms with Gasteiger partial charge in [0, 0.05) is 6.42 Å². The molecule has 0 aliphatic heterocycles. The second-order valence-corrected chi connectivity index (χ2v) is 8.40. The largest absolute Gasteiger partial charge is 0.481 e. The van der Waals surface area contributed by atoms with E-state index >= 15 is 0 Å². The van der Waals surface area contributed by atoms with E-state index in [2.05, 4.69) is 11.7 Å². The highest BCUT2D eigenvalue weighted by molar-refractivity contribution is 5.92. The molecule has 0 saturated carbocycles. The molecule has 0 saturated heterocycles. The zero-order valence-corrected chi connectivity index (χ0v) is 19.9. The average Bonchev–Trinajstić information content (AvgIpc) is 2.71. The fourth-order valence-corrected chi connectivity index (χ4v) is 3.32. The molecule has 8 nitrogen and oxygen atoms in total. The third kappa shape index (κ3) is 15.8. The number of carbonyl (C=O) groups excluding carboxylic acids is 3. The van der Waals surface area contributed by atoms with E-state index in [1.165, 1.54) is 38.5 Å². The summed E-state index contributed by atoms with van der Waals surface area (Å²) in [5.74, 6) is -4.57. The van der Waals surface area contributed by atoms with Crippen molar-refractivity contribution in [1.82, 2.24) is 0 Å². The molecule has 0 fully saturated rings. The normalized spacial score (nSPS) is 12.7. The molecule has 32 heavy (non-hydrogen) atoms. The van der Waals surface area contributed by atoms with Gasteiger partial charge in [0.1, 0.15) is 0 Å². The molecule has 0 radical (unpaired) electrons. The minimum Gasteiger partial charge on any atom is -0.481 e. The second-order valence-electron chi connectivity index (χ2n) is 8.40. The second kappa shape index (κ2) is 18.6. The quantitative estimate of drug-likeness (QED) is 0.153. The molecular weight excluding hydrogens is 416 g/mol. The predicted octanol–water partition coefficient (Wildman–Crippen LogP) is 4.70. The number of carboxylic acid groups (broad SMARTS) is 1. The number of carboxylic acids is 1. The van der Waals surface area contributed by atoms with Gasteiger partial charge in [0.2, 0.25) is 0 Å². The molecule has 8 heteroatoms. The van der Waals surface area contributed by atoms with Gasteiger partial charge in [-0.3, -0.25) is 14.4 Å². The van der Waals surface area contributed by atoms with Gasteiger partial charge in [-0.25, -0.2) is 4.79 Å². The number of aliphatic carboxylic acids is 1. The summed E-state index contributed by atoms with van der Waals surface area (Å²) in [6, 6.07) is 0. The van der Waals surface area contributed by atoms with Crippen molar-refractivity contribution in [3.05, 3.63) is 0 Å². The Balaban J connectivity index is 4.28. The molecule has 0 rings (SSSR count). The highest BCUT2D eigenvalue weighted by atomic mass is 16.6. The summed E-state index contributed by atoms with van der Waals surface area (Å²) in [5, 5.41) is 19.5. The van der Waals surface area contributed by atoms with Gasteiger partial charge in [-0.05, 0) is 12.8 Å². The molecule has 1 unspecified atom stereocenters. The minimum absolute atomic E-state index is 0.0300. The Morgan fingerprint density at radius 2 is 1.19 bits per heavy atom. The molecule has 0 aromatic carbocycles. The van der Waals surface area contributed by atoms with Crippen LogP contribution in [-0.4, -0.2) is 46.3 Å². The number of rotatable bonds is 20. The first-order valence-corrected chi connectivity index (χ1v) is 12.1. The van der Waals surface area contributed by atoms with Crippen LogP contribution in [0.1, 0.15) is 117 Å². The van der Waals surface area contributed by atoms with Crippen LogP contribution >= 0.6 is 0 Å². The number of carbonyl (C=O) groups is 4. The Kier molecular flexibility index (Phi) is 17.5. The molecule has 0 bridgehead atoms. The van der Waals surface area contributed by atoms with Crippen LogP contribution in [0.5, 0.6) is 0 Å². The number of unbranched alkanes of at least 4 members (excludes halogenated alkanes) is 11. The molecule has 0 spiro atoms. The number of ether oxygens (including phenoxy) is 2. The van der Waals surface area contributed by atoms with E-state index in [0.717, 1.165) is 32.1 Å². The number of aliphatic hydroxyl groups is 1. The third-order valence-electron chi connectivity index (χ3n) is 5.20. The standard InChI is InChI=1S/C24H42O8/c1-3-5-7-8-9-10-11-12-13-15-17-31-23(29)24(30,18-20(25)26)19-22(28)32-21(27)16-14-6-4-2/h30H,3-19H2,1-2H3,(H,25,26). The fourth-order valence-electron chi connectivity index (χ4n) is 3.32. The topological polar surface area (TPSA) is 127 Å². The molecule has 0 aromatic heterocycles. The third-order valence-corrected chi connectivity index (χ3v) is 5.20. The van der Waals surface area contributed by atoms with Crippen molar-refractivity contribution in [2.24, 2.45) is 0 Å². The zero-order chi connectivity index (χ0) is 24.2. The molecule has 0 aliphatic carbocycles. The van der Waals surface area contributed by atoms with E-state index in [4.69, 9.17) is 9.84 Å². The molecular formula is C24H42O8. The van der Waals surface area contributed by atoms with Gasteiger partial charge in [0.05, 0.1) is 19.4 Å². The SMILES string of the molecule is CCCCCCCCCCCCOC(=O)C(O)(CC(=O)O)CC(=O)OC(=O)CCCCC. The molecule has 0 aliphatic rings. The Hall–Kier alpha value is -1.96. The lowest BCUT2D eigenvalue weighted by Gasteiger charge is -2.23. The Morgan fingerprint density at radius 1 is 0.688 bits per heavy atom. The van der Waals surface area contributed by atoms with Crippen LogP contribution in [-0.2, 0) is 28.7 Å². The van der Waals surface area contributed by atoms with Gasteiger partial charge in [-0.15, -0.1) is 0 Å². The summed E-state index contributed by atoms with van der Waals surface area (Å²) in [6.45, 7) is 4.18. The van der Waals surface area contributed by atoms with E-state index in [-0.39, 0.29) is 13.0 Å². The van der Waals surface area contributed by atoms with Gasteiger partial charge < -0.3 is 19.7 Å². The summed E-state index contributed by atoms with van der Waals surface area (Å²) in [5.41, 5.74) is -2.56. The number of esters is 3. The van der Waals surface area contributed by atoms with E-state index in [1.807, 2.05) is 6.92 Å². The van der Waals surface area contributed by atoms with Crippen LogP contribution in [0.3, 0.4) is 0 Å². The molecule has 1 atom stereocenters. The maximum absolute atomic E-state index is 12.3. The average molecular weight is 459 g/mol. The molecule has 0 amide bonds. The van der Waals surface area contributed by atoms with Crippen LogP contribution in [0.25, 0.3) is 0 Å². The maximum atomic E-state index is 12.3. The highest BCUT2D eigenvalue weighted by Crippen LogP contribution is 2.20. The minimum atomic E-state index is -2.56. The van der Waals surface area contributed by atoms with Crippen LogP contribution in [0.4, 0.5) is 0 Å². The van der Waals surface area contributed by atoms with E-state index in [0.29, 0.717) is 12.8 Å². The lowest BCUT2D eigenvalue weighted by Crippen LogP contribution is -2.44. The van der Waals surface area contributed by atoms with E-state index < -0.39 is 42.3 Å². The van der Waals surface area contributed by atoms with Crippen LogP contribution < -0.4 is 0 Å². The first-order valence-electron chi connectivity index (χ1n) is 12.1. The maximum Gasteiger partial charge on any atom is 0.339 e. The van der Waals surface area contributed by atoms with Crippen LogP contribution in [0.15, 0.2) is 0 Å². The van der Waals surface area contributed by atoms with E-state index in [9.17, 15) is 24.3 Å². The Labute approximate surface area is 192 Å². The van der Waals surface area contributed by atoms with Crippen molar-refractivity contribution >= 4 is 23.9 Å². The first kappa shape index (κ1) is 30.0. The predicted molar refractivity (Wildman–Crippen MR) is 120 cm³/mol. The van der Waals surface area contributed by atoms with Gasteiger partial charge in [-0.1, -0.05) is 84.5 Å². The lowest BCUT2D eigenvalue weighted by atomic mass is 9.95. The molecule has 186 valence electrons. The van der Waals surface area contributed by atoms with Crippen molar-refractivity contribution < 1.29 is 38.9 Å². The summed E-state index contributed by atoms with van der Waals surface area (Å²) in [4.78, 5) is 46.9. The van der Waals surface area contributed by atoms with Gasteiger partial charge in [0.15, 0.2) is 5.60 Å². The highest BCUT2D eigenvalue weighted by Gasteiger charge is 2.43. The summed E-state index contributed by atoms with van der Waals surface area (Å²) < 4.78 is 9.62. The van der Waals surface area contributed by atoms with Crippen molar-refractivity contribution in [3.8, 4) is 0 Å². The summed E-state index contributed by atoms with van der Waals surface area (Å²) >= 11 is 0. The van der Waals surface area contributed by atoms with Gasteiger partial charge in [0.25, 0.3) is 0 Å². The smallest absolute Gasteiger partial charge is 0.339 e. The van der Waals surface area contributed by atoms with Crippen molar-refractivity contribution in [2.75, 3.05) is 6.61 Å². The van der Waals surface area contributed by atoms with Crippen molar-refractivity contribution in [1.29, 1.82) is 0 Å². The fraction of sp³-hybridized carbons (Fsp3) is 0.833. The monoisotopic (exact) mass is 458 g/mol. The summed E-state index contributed by atoms with van der Waals surface area (Å²) in [6.07, 6.45) is 11.4. The van der Waals surface area contributed by atoms with Gasteiger partial charge >= 0.3 is 23.9 Å². The van der Waals surface area contributed by atoms with Crippen LogP contribution in [0.2, 0.25) is 0 Å². The number of hydrogen-bond donors (Lipinski definition) is 2. The lowest BCUT2D eigenvalue weighted by molar-refractivity contribution is -0.178. The van der Waals surface area contributed by atoms with Crippen molar-refractivity contribution in [2.45, 2.75) is 122 Å². The molecule has 2 N–H and O–H groups in total. The van der Waals surface area contributed by atoms with Crippen LogP contribution in [0, 0.1) is 0 Å². The molecule has 0 aromatic rings. The van der Waals surface area contributed by atoms with Gasteiger partial charge in [-0.2, -0.15) is 0 Å². The first-order chi connectivity index (χ1) is 15.2. The number of hydrogen-bond acceptors (Lipinski definition) is 7. The van der Waals surface area contributed by atoms with Crippen molar-refractivity contribution in [3.63, 3.8) is 0 Å². The Morgan fingerprint density at radius 3 is 1.72 bits per heavy atom. The zero-order valence-electron chi connectivity index (χ0n) is 19.9. The Bertz CT molecular complexity index is 560. The summed E-state index contributed by atoms with van der Waals surface area (Å²) in [7, 11) is 0.